The quantitative estimate of drug-likeness (QED) is 0.281. The van der Waals surface area contributed by atoms with E-state index in [1.54, 1.807) is 30.3 Å². The number of hydrogen-bond acceptors (Lipinski definition) is 6. The van der Waals surface area contributed by atoms with Crippen LogP contribution in [0.25, 0.3) is 0 Å². The van der Waals surface area contributed by atoms with Gasteiger partial charge >= 0.3 is 11.8 Å². The zero-order valence-electron chi connectivity index (χ0n) is 18.3. The van der Waals surface area contributed by atoms with Crippen LogP contribution in [-0.2, 0) is 14.4 Å². The Bertz CT molecular complexity index is 1040. The molecule has 0 bridgehead atoms. The molecule has 11 heteroatoms. The molecule has 0 aromatic heterocycles. The molecule has 2 aromatic rings. The third-order valence-electron chi connectivity index (χ3n) is 4.01. The van der Waals surface area contributed by atoms with Crippen LogP contribution in [0.2, 0.25) is 10.0 Å². The SMILES string of the molecule is COc1cc(/C=N\NC(=O)C(=O)NCC(C)C)ccc1OCC(=O)Nc1ccc(Cl)c(Cl)c1. The van der Waals surface area contributed by atoms with Gasteiger partial charge in [-0.1, -0.05) is 37.0 Å². The molecule has 0 aliphatic carbocycles. The Balaban J connectivity index is 1.91. The number of rotatable bonds is 9. The largest absolute Gasteiger partial charge is 0.493 e. The number of halogens is 2. The molecule has 3 N–H and O–H groups in total. The lowest BCUT2D eigenvalue weighted by Crippen LogP contribution is -2.39. The molecule has 0 heterocycles. The van der Waals surface area contributed by atoms with E-state index in [2.05, 4.69) is 21.2 Å². The Morgan fingerprint density at radius 3 is 2.45 bits per heavy atom. The molecule has 0 aliphatic heterocycles. The predicted octanol–water partition coefficient (Wildman–Crippen LogP) is 3.24. The standard InChI is InChI=1S/C22H24Cl2N4O5/c1-13(2)10-25-21(30)22(31)28-26-11-14-4-7-18(19(8-14)32-3)33-12-20(29)27-15-5-6-16(23)17(24)9-15/h4-9,11,13H,10,12H2,1-3H3,(H,25,30)(H,27,29)(H,28,31)/b26-11-. The molecule has 3 amide bonds. The summed E-state index contributed by atoms with van der Waals surface area (Å²) in [4.78, 5) is 35.5. The van der Waals surface area contributed by atoms with Gasteiger partial charge in [0.1, 0.15) is 0 Å². The van der Waals surface area contributed by atoms with Crippen LogP contribution in [-0.4, -0.2) is 44.2 Å². The second-order valence-corrected chi connectivity index (χ2v) is 7.99. The Morgan fingerprint density at radius 2 is 1.79 bits per heavy atom. The summed E-state index contributed by atoms with van der Waals surface area (Å²) in [7, 11) is 1.44. The number of hydrazone groups is 1. The van der Waals surface area contributed by atoms with Crippen LogP contribution in [0.4, 0.5) is 5.69 Å². The highest BCUT2D eigenvalue weighted by atomic mass is 35.5. The molecule has 0 saturated heterocycles. The van der Waals surface area contributed by atoms with E-state index in [1.165, 1.54) is 19.4 Å². The molecule has 2 aromatic carbocycles. The van der Waals surface area contributed by atoms with Gasteiger partial charge < -0.3 is 20.1 Å². The van der Waals surface area contributed by atoms with E-state index in [4.69, 9.17) is 32.7 Å². The first kappa shape index (κ1) is 26.0. The number of benzene rings is 2. The molecule has 0 spiro atoms. The van der Waals surface area contributed by atoms with Crippen molar-refractivity contribution in [3.05, 3.63) is 52.0 Å². The lowest BCUT2D eigenvalue weighted by molar-refractivity contribution is -0.139. The smallest absolute Gasteiger partial charge is 0.329 e. The van der Waals surface area contributed by atoms with E-state index in [-0.39, 0.29) is 12.5 Å². The minimum absolute atomic E-state index is 0.223. The second kappa shape index (κ2) is 12.7. The third kappa shape index (κ3) is 8.63. The topological polar surface area (TPSA) is 118 Å². The molecule has 9 nitrogen and oxygen atoms in total. The number of ether oxygens (including phenoxy) is 2. The normalized spacial score (nSPS) is 10.7. The molecule has 176 valence electrons. The van der Waals surface area contributed by atoms with E-state index < -0.39 is 17.7 Å². The molecule has 0 aliphatic rings. The van der Waals surface area contributed by atoms with E-state index in [9.17, 15) is 14.4 Å². The van der Waals surface area contributed by atoms with E-state index >= 15 is 0 Å². The van der Waals surface area contributed by atoms with Gasteiger partial charge in [-0.05, 0) is 47.9 Å². The van der Waals surface area contributed by atoms with Gasteiger partial charge in [0.25, 0.3) is 5.91 Å². The molecular weight excluding hydrogens is 471 g/mol. The van der Waals surface area contributed by atoms with Crippen LogP contribution in [0.1, 0.15) is 19.4 Å². The van der Waals surface area contributed by atoms with Crippen molar-refractivity contribution in [3.63, 3.8) is 0 Å². The van der Waals surface area contributed by atoms with Crippen molar-refractivity contribution >= 4 is 52.8 Å². The van der Waals surface area contributed by atoms with Crippen molar-refractivity contribution < 1.29 is 23.9 Å². The molecule has 0 unspecified atom stereocenters. The van der Waals surface area contributed by atoms with E-state index in [0.29, 0.717) is 39.3 Å². The van der Waals surface area contributed by atoms with Gasteiger partial charge in [-0.2, -0.15) is 5.10 Å². The fourth-order valence-electron chi connectivity index (χ4n) is 2.39. The summed E-state index contributed by atoms with van der Waals surface area (Å²) < 4.78 is 10.8. The molecule has 0 radical (unpaired) electrons. The fraction of sp³-hybridized carbons (Fsp3) is 0.273. The lowest BCUT2D eigenvalue weighted by Gasteiger charge is -2.12. The Hall–Kier alpha value is -3.30. The second-order valence-electron chi connectivity index (χ2n) is 7.18. The number of nitrogens with zero attached hydrogens (tertiary/aromatic N) is 1. The highest BCUT2D eigenvalue weighted by Crippen LogP contribution is 2.28. The molecular formula is C22H24Cl2N4O5. The van der Waals surface area contributed by atoms with Crippen LogP contribution in [0.15, 0.2) is 41.5 Å². The Kier molecular flexibility index (Phi) is 9.96. The molecule has 2 rings (SSSR count). The lowest BCUT2D eigenvalue weighted by atomic mass is 10.2. The summed E-state index contributed by atoms with van der Waals surface area (Å²) >= 11 is 11.8. The van der Waals surface area contributed by atoms with E-state index in [1.807, 2.05) is 13.8 Å². The van der Waals surface area contributed by atoms with Crippen molar-refractivity contribution in [2.24, 2.45) is 11.0 Å². The number of anilines is 1. The predicted molar refractivity (Wildman–Crippen MR) is 127 cm³/mol. The van der Waals surface area contributed by atoms with Crippen LogP contribution in [0.5, 0.6) is 11.5 Å². The average Bonchev–Trinajstić information content (AvgIpc) is 2.78. The van der Waals surface area contributed by atoms with Crippen molar-refractivity contribution in [3.8, 4) is 11.5 Å². The maximum absolute atomic E-state index is 12.1. The van der Waals surface area contributed by atoms with Crippen molar-refractivity contribution in [2.45, 2.75) is 13.8 Å². The van der Waals surface area contributed by atoms with Gasteiger partial charge in [0, 0.05) is 12.2 Å². The minimum Gasteiger partial charge on any atom is -0.493 e. The van der Waals surface area contributed by atoms with Gasteiger partial charge in [-0.3, -0.25) is 14.4 Å². The first-order chi connectivity index (χ1) is 15.7. The maximum atomic E-state index is 12.1. The van der Waals surface area contributed by atoms with E-state index in [0.717, 1.165) is 0 Å². The molecule has 33 heavy (non-hydrogen) atoms. The van der Waals surface area contributed by atoms with Crippen molar-refractivity contribution in [1.29, 1.82) is 0 Å². The molecule has 0 saturated carbocycles. The number of carbonyl (C=O) groups is 3. The number of methoxy groups -OCH3 is 1. The number of hydrogen-bond donors (Lipinski definition) is 3. The third-order valence-corrected chi connectivity index (χ3v) is 4.75. The van der Waals surface area contributed by atoms with Crippen molar-refractivity contribution in [1.82, 2.24) is 10.7 Å². The summed E-state index contributed by atoms with van der Waals surface area (Å²) in [5.41, 5.74) is 3.21. The van der Waals surface area contributed by atoms with Gasteiger partial charge in [0.15, 0.2) is 18.1 Å². The average molecular weight is 495 g/mol. The number of amides is 3. The highest BCUT2D eigenvalue weighted by Gasteiger charge is 2.13. The van der Waals surface area contributed by atoms with Crippen LogP contribution in [0, 0.1) is 5.92 Å². The maximum Gasteiger partial charge on any atom is 0.329 e. The van der Waals surface area contributed by atoms with Crippen LogP contribution < -0.4 is 25.5 Å². The molecule has 0 atom stereocenters. The molecule has 0 fully saturated rings. The van der Waals surface area contributed by atoms with Crippen LogP contribution in [0.3, 0.4) is 0 Å². The highest BCUT2D eigenvalue weighted by molar-refractivity contribution is 6.42. The van der Waals surface area contributed by atoms with Crippen molar-refractivity contribution in [2.75, 3.05) is 25.6 Å². The monoisotopic (exact) mass is 494 g/mol. The van der Waals surface area contributed by atoms with Gasteiger partial charge in [0.05, 0.1) is 23.4 Å². The first-order valence-electron chi connectivity index (χ1n) is 9.86. The Labute approximate surface area is 201 Å². The summed E-state index contributed by atoms with van der Waals surface area (Å²) in [6.45, 7) is 3.95. The minimum atomic E-state index is -0.869. The Morgan fingerprint density at radius 1 is 1.03 bits per heavy atom. The summed E-state index contributed by atoms with van der Waals surface area (Å²) in [6, 6.07) is 9.55. The summed E-state index contributed by atoms with van der Waals surface area (Å²) in [6.07, 6.45) is 1.34. The zero-order valence-corrected chi connectivity index (χ0v) is 19.8. The van der Waals surface area contributed by atoms with Crippen LogP contribution >= 0.6 is 23.2 Å². The summed E-state index contributed by atoms with van der Waals surface area (Å²) in [5.74, 6) is -1.13. The first-order valence-corrected chi connectivity index (χ1v) is 10.6. The summed E-state index contributed by atoms with van der Waals surface area (Å²) in [5, 5.41) is 9.61. The van der Waals surface area contributed by atoms with Gasteiger partial charge in [-0.25, -0.2) is 5.43 Å². The fourth-order valence-corrected chi connectivity index (χ4v) is 2.69. The van der Waals surface area contributed by atoms with Gasteiger partial charge in [0.2, 0.25) is 0 Å². The number of carbonyl (C=O) groups excluding carboxylic acids is 3. The zero-order chi connectivity index (χ0) is 24.4. The number of nitrogens with one attached hydrogen (secondary N) is 3. The van der Waals surface area contributed by atoms with Gasteiger partial charge in [-0.15, -0.1) is 0 Å².